The molecule has 0 aliphatic carbocycles. The Morgan fingerprint density at radius 1 is 1.42 bits per heavy atom. The SMILES string of the molecule is COc1ccc2[nH]nc(C(=O)O)c2c1-c1cccs1. The molecule has 0 saturated carbocycles. The van der Waals surface area contributed by atoms with E-state index in [1.807, 2.05) is 17.5 Å². The van der Waals surface area contributed by atoms with Gasteiger partial charge < -0.3 is 9.84 Å². The summed E-state index contributed by atoms with van der Waals surface area (Å²) < 4.78 is 5.35. The van der Waals surface area contributed by atoms with Gasteiger partial charge in [0.2, 0.25) is 0 Å². The summed E-state index contributed by atoms with van der Waals surface area (Å²) in [5, 5.41) is 18.4. The molecule has 0 spiro atoms. The van der Waals surface area contributed by atoms with Crippen LogP contribution in [0.3, 0.4) is 0 Å². The van der Waals surface area contributed by atoms with Crippen LogP contribution in [-0.4, -0.2) is 28.4 Å². The lowest BCUT2D eigenvalue weighted by molar-refractivity contribution is 0.0692. The molecule has 2 heterocycles. The van der Waals surface area contributed by atoms with Crippen molar-refractivity contribution < 1.29 is 14.6 Å². The summed E-state index contributed by atoms with van der Waals surface area (Å²) >= 11 is 1.53. The van der Waals surface area contributed by atoms with E-state index in [9.17, 15) is 9.90 Å². The number of nitrogens with one attached hydrogen (secondary N) is 1. The smallest absolute Gasteiger partial charge is 0.357 e. The molecule has 0 bridgehead atoms. The first kappa shape index (κ1) is 11.7. The molecule has 0 aliphatic heterocycles. The second-order valence-electron chi connectivity index (χ2n) is 3.92. The summed E-state index contributed by atoms with van der Waals surface area (Å²) in [7, 11) is 1.57. The number of rotatable bonds is 3. The molecule has 6 heteroatoms. The molecule has 0 aliphatic rings. The zero-order valence-corrected chi connectivity index (χ0v) is 10.8. The third kappa shape index (κ3) is 1.77. The molecule has 0 amide bonds. The molecule has 0 atom stereocenters. The first-order valence-electron chi connectivity index (χ1n) is 5.54. The molecular weight excluding hydrogens is 264 g/mol. The molecule has 19 heavy (non-hydrogen) atoms. The van der Waals surface area contributed by atoms with Crippen LogP contribution < -0.4 is 4.74 Å². The van der Waals surface area contributed by atoms with Crippen LogP contribution in [0.2, 0.25) is 0 Å². The molecule has 0 saturated heterocycles. The average molecular weight is 274 g/mol. The van der Waals surface area contributed by atoms with E-state index < -0.39 is 5.97 Å². The molecule has 0 fully saturated rings. The first-order valence-corrected chi connectivity index (χ1v) is 6.42. The van der Waals surface area contributed by atoms with Crippen molar-refractivity contribution in [1.29, 1.82) is 0 Å². The fourth-order valence-corrected chi connectivity index (χ4v) is 2.87. The van der Waals surface area contributed by atoms with E-state index in [0.29, 0.717) is 16.7 Å². The minimum Gasteiger partial charge on any atom is -0.496 e. The number of methoxy groups -OCH3 is 1. The van der Waals surface area contributed by atoms with Crippen molar-refractivity contribution in [3.8, 4) is 16.2 Å². The predicted molar refractivity (Wildman–Crippen MR) is 72.9 cm³/mol. The number of thiophene rings is 1. The maximum atomic E-state index is 11.3. The van der Waals surface area contributed by atoms with Crippen molar-refractivity contribution in [1.82, 2.24) is 10.2 Å². The fourth-order valence-electron chi connectivity index (χ4n) is 2.09. The monoisotopic (exact) mass is 274 g/mol. The maximum Gasteiger partial charge on any atom is 0.357 e. The lowest BCUT2D eigenvalue weighted by atomic mass is 10.0. The summed E-state index contributed by atoms with van der Waals surface area (Å²) in [5.74, 6) is -0.420. The second kappa shape index (κ2) is 4.40. The number of carboxylic acid groups (broad SMARTS) is 1. The van der Waals surface area contributed by atoms with Crippen LogP contribution in [0.25, 0.3) is 21.3 Å². The highest BCUT2D eigenvalue weighted by atomic mass is 32.1. The third-order valence-electron chi connectivity index (χ3n) is 2.88. The zero-order valence-electron chi connectivity index (χ0n) is 10.0. The quantitative estimate of drug-likeness (QED) is 0.769. The Morgan fingerprint density at radius 3 is 2.89 bits per heavy atom. The molecule has 0 radical (unpaired) electrons. The normalized spacial score (nSPS) is 10.8. The molecule has 0 unspecified atom stereocenters. The molecule has 5 nitrogen and oxygen atoms in total. The minimum atomic E-state index is -1.06. The first-order chi connectivity index (χ1) is 9.22. The maximum absolute atomic E-state index is 11.3. The summed E-state index contributed by atoms with van der Waals surface area (Å²) in [6.07, 6.45) is 0. The van der Waals surface area contributed by atoms with Crippen molar-refractivity contribution >= 4 is 28.2 Å². The number of H-pyrrole nitrogens is 1. The number of benzene rings is 1. The van der Waals surface area contributed by atoms with Gasteiger partial charge in [0.1, 0.15) is 5.75 Å². The van der Waals surface area contributed by atoms with Gasteiger partial charge >= 0.3 is 5.97 Å². The summed E-state index contributed by atoms with van der Waals surface area (Å²) in [5.41, 5.74) is 1.46. The van der Waals surface area contributed by atoms with Gasteiger partial charge in [-0.15, -0.1) is 11.3 Å². The van der Waals surface area contributed by atoms with Gasteiger partial charge in [0.15, 0.2) is 5.69 Å². The number of ether oxygens (including phenoxy) is 1. The summed E-state index contributed by atoms with van der Waals surface area (Å²) in [6.45, 7) is 0. The number of nitrogens with zero attached hydrogens (tertiary/aromatic N) is 1. The van der Waals surface area contributed by atoms with Gasteiger partial charge in [-0.1, -0.05) is 6.07 Å². The Bertz CT molecular complexity index is 747. The Balaban J connectivity index is 2.43. The number of carbonyl (C=O) groups is 1. The fraction of sp³-hybridized carbons (Fsp3) is 0.0769. The molecule has 3 aromatic rings. The van der Waals surface area contributed by atoms with Gasteiger partial charge in [-0.25, -0.2) is 4.79 Å². The number of hydrogen-bond donors (Lipinski definition) is 2. The van der Waals surface area contributed by atoms with Gasteiger partial charge in [0.05, 0.1) is 12.6 Å². The number of carboxylic acids is 1. The van der Waals surface area contributed by atoms with E-state index in [-0.39, 0.29) is 5.69 Å². The van der Waals surface area contributed by atoms with Crippen LogP contribution in [0.1, 0.15) is 10.5 Å². The topological polar surface area (TPSA) is 75.2 Å². The Hall–Kier alpha value is -2.34. The van der Waals surface area contributed by atoms with Crippen LogP contribution >= 0.6 is 11.3 Å². The van der Waals surface area contributed by atoms with Crippen LogP contribution in [0, 0.1) is 0 Å². The van der Waals surface area contributed by atoms with E-state index in [0.717, 1.165) is 10.4 Å². The van der Waals surface area contributed by atoms with Gasteiger partial charge in [-0.3, -0.25) is 5.10 Å². The van der Waals surface area contributed by atoms with E-state index in [4.69, 9.17) is 4.74 Å². The highest BCUT2D eigenvalue weighted by Crippen LogP contribution is 2.40. The van der Waals surface area contributed by atoms with E-state index in [1.54, 1.807) is 19.2 Å². The van der Waals surface area contributed by atoms with Gasteiger partial charge in [0, 0.05) is 15.8 Å². The Kier molecular flexibility index (Phi) is 2.72. The number of fused-ring (bicyclic) bond motifs is 1. The van der Waals surface area contributed by atoms with Crippen LogP contribution in [0.5, 0.6) is 5.75 Å². The Labute approximate surface area is 112 Å². The molecule has 2 aromatic heterocycles. The number of aromatic carboxylic acids is 1. The lowest BCUT2D eigenvalue weighted by Crippen LogP contribution is -1.98. The highest BCUT2D eigenvalue weighted by molar-refractivity contribution is 7.13. The Morgan fingerprint density at radius 2 is 2.26 bits per heavy atom. The highest BCUT2D eigenvalue weighted by Gasteiger charge is 2.20. The standard InChI is InChI=1S/C13H10N2O3S/c1-18-8-5-4-7-10(12(13(16)17)15-14-7)11(8)9-3-2-6-19-9/h2-6H,1H3,(H,14,15)(H,16,17). The predicted octanol–water partition coefficient (Wildman–Crippen LogP) is 3.00. The molecular formula is C13H10N2O3S. The molecule has 96 valence electrons. The number of aromatic amines is 1. The van der Waals surface area contributed by atoms with Crippen molar-refractivity contribution in [2.45, 2.75) is 0 Å². The third-order valence-corrected chi connectivity index (χ3v) is 3.77. The van der Waals surface area contributed by atoms with Crippen molar-refractivity contribution in [2.75, 3.05) is 7.11 Å². The molecule has 1 aromatic carbocycles. The average Bonchev–Trinajstić information content (AvgIpc) is 3.06. The van der Waals surface area contributed by atoms with Gasteiger partial charge in [-0.2, -0.15) is 5.10 Å². The van der Waals surface area contributed by atoms with Crippen molar-refractivity contribution in [3.05, 3.63) is 35.3 Å². The van der Waals surface area contributed by atoms with Gasteiger partial charge in [-0.05, 0) is 23.6 Å². The van der Waals surface area contributed by atoms with E-state index >= 15 is 0 Å². The van der Waals surface area contributed by atoms with E-state index in [2.05, 4.69) is 10.2 Å². The van der Waals surface area contributed by atoms with E-state index in [1.165, 1.54) is 11.3 Å². The largest absolute Gasteiger partial charge is 0.496 e. The minimum absolute atomic E-state index is 0.0114. The van der Waals surface area contributed by atoms with Crippen LogP contribution in [0.15, 0.2) is 29.6 Å². The van der Waals surface area contributed by atoms with Crippen molar-refractivity contribution in [2.24, 2.45) is 0 Å². The van der Waals surface area contributed by atoms with Gasteiger partial charge in [0.25, 0.3) is 0 Å². The molecule has 2 N–H and O–H groups in total. The number of hydrogen-bond acceptors (Lipinski definition) is 4. The van der Waals surface area contributed by atoms with Crippen molar-refractivity contribution in [3.63, 3.8) is 0 Å². The van der Waals surface area contributed by atoms with Crippen LogP contribution in [0.4, 0.5) is 0 Å². The molecule has 3 rings (SSSR count). The summed E-state index contributed by atoms with van der Waals surface area (Å²) in [4.78, 5) is 12.2. The summed E-state index contributed by atoms with van der Waals surface area (Å²) in [6, 6.07) is 7.42. The lowest BCUT2D eigenvalue weighted by Gasteiger charge is -2.08. The second-order valence-corrected chi connectivity index (χ2v) is 4.87. The van der Waals surface area contributed by atoms with Crippen LogP contribution in [-0.2, 0) is 0 Å². The number of aromatic nitrogens is 2. The zero-order chi connectivity index (χ0) is 13.4.